The van der Waals surface area contributed by atoms with Crippen LogP contribution in [0.15, 0.2) is 18.3 Å². The molecule has 0 aliphatic rings. The molecule has 1 heterocycles. The monoisotopic (exact) mass is 221 g/mol. The molecule has 1 rings (SSSR count). The minimum atomic E-state index is -1.63. The van der Waals surface area contributed by atoms with E-state index in [1.165, 1.54) is 6.07 Å². The molecule has 0 radical (unpaired) electrons. The van der Waals surface area contributed by atoms with E-state index >= 15 is 0 Å². The molecule has 0 saturated carbocycles. The summed E-state index contributed by atoms with van der Waals surface area (Å²) in [5, 5.41) is 20.5. The number of nitrogens with zero attached hydrogens (tertiary/aromatic N) is 1. The van der Waals surface area contributed by atoms with Crippen LogP contribution in [0.5, 0.6) is 0 Å². The molecule has 68 valence electrons. The Labute approximate surface area is 83.9 Å². The molecule has 0 amide bonds. The fourth-order valence-electron chi connectivity index (χ4n) is 0.733. The van der Waals surface area contributed by atoms with Crippen molar-refractivity contribution in [1.82, 2.24) is 4.98 Å². The van der Waals surface area contributed by atoms with Crippen LogP contribution in [-0.2, 0) is 17.1 Å². The summed E-state index contributed by atoms with van der Waals surface area (Å²) in [6.07, 6.45) is 1.16. The second-order valence-corrected chi connectivity index (χ2v) is 1.97. The zero-order valence-corrected chi connectivity index (χ0v) is 7.27. The maximum atomic E-state index is 10.3. The average molecular weight is 221 g/mol. The van der Waals surface area contributed by atoms with Gasteiger partial charge in [0, 0.05) is 11.8 Å². The van der Waals surface area contributed by atoms with E-state index in [-0.39, 0.29) is 17.1 Å². The first-order valence-electron chi connectivity index (χ1n) is 3.00. The maximum Gasteiger partial charge on any atom is 2.00 e. The summed E-state index contributed by atoms with van der Waals surface area (Å²) in [6, 6.07) is 2.39. The Kier molecular flexibility index (Phi) is 4.10. The molecular weight excluding hydrogens is 218 g/mol. The number of carbonyl (C=O) groups excluding carboxylic acids is 2. The predicted molar refractivity (Wildman–Crippen MR) is 32.9 cm³/mol. The molecule has 6 heteroatoms. The van der Waals surface area contributed by atoms with E-state index in [0.29, 0.717) is 0 Å². The molecule has 0 bridgehead atoms. The van der Waals surface area contributed by atoms with Crippen LogP contribution < -0.4 is 10.2 Å². The minimum absolute atomic E-state index is 0. The molecule has 0 aliphatic heterocycles. The first-order valence-corrected chi connectivity index (χ1v) is 3.00. The van der Waals surface area contributed by atoms with E-state index in [2.05, 4.69) is 4.98 Å². The number of pyridine rings is 1. The van der Waals surface area contributed by atoms with Crippen molar-refractivity contribution in [2.45, 2.75) is 0 Å². The van der Waals surface area contributed by atoms with Gasteiger partial charge in [0.1, 0.15) is 0 Å². The number of carboxylic acids is 2. The summed E-state index contributed by atoms with van der Waals surface area (Å²) < 4.78 is 0. The van der Waals surface area contributed by atoms with Gasteiger partial charge in [-0.3, -0.25) is 4.98 Å². The molecule has 0 aliphatic carbocycles. The Morgan fingerprint density at radius 3 is 2.23 bits per heavy atom. The number of rotatable bonds is 2. The van der Waals surface area contributed by atoms with Gasteiger partial charge >= 0.3 is 17.1 Å². The van der Waals surface area contributed by atoms with E-state index in [9.17, 15) is 19.8 Å². The third-order valence-electron chi connectivity index (χ3n) is 1.22. The van der Waals surface area contributed by atoms with Gasteiger partial charge in [-0.05, 0) is 12.1 Å². The van der Waals surface area contributed by atoms with Crippen LogP contribution in [0.3, 0.4) is 0 Å². The van der Waals surface area contributed by atoms with Crippen molar-refractivity contribution in [3.63, 3.8) is 0 Å². The van der Waals surface area contributed by atoms with E-state index in [4.69, 9.17) is 0 Å². The fourth-order valence-corrected chi connectivity index (χ4v) is 0.733. The fraction of sp³-hybridized carbons (Fsp3) is 0. The van der Waals surface area contributed by atoms with E-state index in [1.54, 1.807) is 0 Å². The minimum Gasteiger partial charge on any atom is -0.545 e. The number of carboxylic acid groups (broad SMARTS) is 2. The molecule has 0 spiro atoms. The van der Waals surface area contributed by atoms with Crippen LogP contribution in [0, 0.1) is 0 Å². The van der Waals surface area contributed by atoms with Gasteiger partial charge in [-0.1, -0.05) is 0 Å². The number of carbonyl (C=O) groups is 2. The molecule has 0 N–H and O–H groups in total. The molecule has 0 aromatic carbocycles. The smallest absolute Gasteiger partial charge is 0.545 e. The zero-order valence-electron chi connectivity index (χ0n) is 6.17. The number of aromatic carboxylic acids is 2. The van der Waals surface area contributed by atoms with Gasteiger partial charge in [-0.15, -0.1) is 0 Å². The number of aromatic nitrogens is 1. The van der Waals surface area contributed by atoms with Crippen molar-refractivity contribution >= 4 is 11.9 Å². The predicted octanol–water partition coefficient (Wildman–Crippen LogP) is -2.19. The second kappa shape index (κ2) is 4.59. The number of hydrogen-bond donors (Lipinski definition) is 0. The van der Waals surface area contributed by atoms with Crippen molar-refractivity contribution in [2.75, 3.05) is 0 Å². The van der Waals surface area contributed by atoms with Crippen molar-refractivity contribution in [3.05, 3.63) is 29.6 Å². The first kappa shape index (κ1) is 11.6. The largest absolute Gasteiger partial charge is 2.00 e. The summed E-state index contributed by atoms with van der Waals surface area (Å²) in [7, 11) is 0. The topological polar surface area (TPSA) is 93.2 Å². The van der Waals surface area contributed by atoms with Gasteiger partial charge in [-0.2, -0.15) is 0 Å². The van der Waals surface area contributed by atoms with Crippen molar-refractivity contribution in [3.8, 4) is 0 Å². The molecule has 0 atom stereocenters. The maximum absolute atomic E-state index is 10.3. The van der Waals surface area contributed by atoms with Crippen LogP contribution in [0.2, 0.25) is 0 Å². The third kappa shape index (κ3) is 2.54. The Morgan fingerprint density at radius 1 is 1.23 bits per heavy atom. The average Bonchev–Trinajstić information content (AvgIpc) is 2.04. The molecule has 0 fully saturated rings. The molecule has 1 aromatic rings. The third-order valence-corrected chi connectivity index (χ3v) is 1.22. The molecule has 0 unspecified atom stereocenters. The standard InChI is InChI=1S/C7H5NO4.Fe/c9-6(10)4-2-1-3-8-5(4)7(11)12;/h1-3H,(H,9,10)(H,11,12);/q;+2/p-2. The molecule has 5 nitrogen and oxygen atoms in total. The van der Waals surface area contributed by atoms with Crippen LogP contribution in [0.1, 0.15) is 20.8 Å². The first-order chi connectivity index (χ1) is 5.63. The second-order valence-electron chi connectivity index (χ2n) is 1.97. The van der Waals surface area contributed by atoms with Gasteiger partial charge in [0.2, 0.25) is 0 Å². The summed E-state index contributed by atoms with van der Waals surface area (Å²) in [6.45, 7) is 0. The van der Waals surface area contributed by atoms with Crippen molar-refractivity contribution in [1.29, 1.82) is 0 Å². The molecule has 13 heavy (non-hydrogen) atoms. The van der Waals surface area contributed by atoms with Gasteiger partial charge in [0.25, 0.3) is 0 Å². The van der Waals surface area contributed by atoms with Crippen LogP contribution in [0.25, 0.3) is 0 Å². The SMILES string of the molecule is O=C([O-])c1cccnc1C(=O)[O-].[Fe+2]. The summed E-state index contributed by atoms with van der Waals surface area (Å²) in [4.78, 5) is 23.9. The van der Waals surface area contributed by atoms with Crippen LogP contribution in [0.4, 0.5) is 0 Å². The summed E-state index contributed by atoms with van der Waals surface area (Å²) in [5.74, 6) is -3.21. The molecule has 1 aromatic heterocycles. The molecule has 0 saturated heterocycles. The van der Waals surface area contributed by atoms with Crippen molar-refractivity contribution < 1.29 is 36.9 Å². The number of hydrogen-bond acceptors (Lipinski definition) is 5. The zero-order chi connectivity index (χ0) is 9.14. The summed E-state index contributed by atoms with van der Waals surface area (Å²) in [5.41, 5.74) is -1.09. The van der Waals surface area contributed by atoms with Gasteiger partial charge in [-0.25, -0.2) is 0 Å². The van der Waals surface area contributed by atoms with Gasteiger partial charge < -0.3 is 19.8 Å². The Morgan fingerprint density at radius 2 is 1.85 bits per heavy atom. The Balaban J connectivity index is 0.00000144. The summed E-state index contributed by atoms with van der Waals surface area (Å²) >= 11 is 0. The van der Waals surface area contributed by atoms with E-state index in [0.717, 1.165) is 12.3 Å². The van der Waals surface area contributed by atoms with Crippen LogP contribution >= 0.6 is 0 Å². The quantitative estimate of drug-likeness (QED) is 0.528. The normalized spacial score (nSPS) is 8.62. The van der Waals surface area contributed by atoms with Crippen LogP contribution in [-0.4, -0.2) is 16.9 Å². The van der Waals surface area contributed by atoms with E-state index in [1.807, 2.05) is 0 Å². The van der Waals surface area contributed by atoms with Gasteiger partial charge in [0.05, 0.1) is 17.6 Å². The Bertz CT molecular complexity index is 306. The van der Waals surface area contributed by atoms with E-state index < -0.39 is 23.2 Å². The molecular formula is C7H3FeNO4. The van der Waals surface area contributed by atoms with Crippen molar-refractivity contribution in [2.24, 2.45) is 0 Å². The van der Waals surface area contributed by atoms with Gasteiger partial charge in [0.15, 0.2) is 0 Å². The Hall–Kier alpha value is -1.39.